The molecule has 0 aliphatic carbocycles. The van der Waals surface area contributed by atoms with Crippen molar-refractivity contribution in [3.63, 3.8) is 0 Å². The average molecular weight is 297 g/mol. The van der Waals surface area contributed by atoms with Gasteiger partial charge in [-0.15, -0.1) is 0 Å². The number of sulfonamides is 1. The topological polar surface area (TPSA) is 131 Å². The lowest BCUT2D eigenvalue weighted by atomic mass is 10.3. The highest BCUT2D eigenvalue weighted by Crippen LogP contribution is 2.19. The molecular formula is C10H11N5O4S. The first-order valence-electron chi connectivity index (χ1n) is 5.46. The number of hydrogen-bond donors (Lipinski definition) is 2. The second-order valence-corrected chi connectivity index (χ2v) is 5.72. The summed E-state index contributed by atoms with van der Waals surface area (Å²) in [5.41, 5.74) is 1.41. The van der Waals surface area contributed by atoms with E-state index in [1.165, 1.54) is 0 Å². The van der Waals surface area contributed by atoms with E-state index in [1.54, 1.807) is 13.8 Å². The maximum atomic E-state index is 12.1. The summed E-state index contributed by atoms with van der Waals surface area (Å²) in [6.45, 7) is 3.47. The molecule has 10 heteroatoms. The van der Waals surface area contributed by atoms with Crippen LogP contribution in [0.4, 0.5) is 11.6 Å². The number of aromatic amines is 1. The normalized spacial score (nSPS) is 11.3. The minimum atomic E-state index is -3.88. The first-order chi connectivity index (χ1) is 9.31. The third-order valence-corrected chi connectivity index (χ3v) is 4.03. The van der Waals surface area contributed by atoms with E-state index in [-0.39, 0.29) is 10.7 Å². The van der Waals surface area contributed by atoms with E-state index in [1.807, 2.05) is 0 Å². The van der Waals surface area contributed by atoms with Crippen molar-refractivity contribution in [2.24, 2.45) is 0 Å². The number of nitrogens with one attached hydrogen (secondary N) is 2. The largest absolute Gasteiger partial charge is 0.363 e. The molecule has 0 saturated carbocycles. The Hall–Kier alpha value is -2.49. The molecule has 0 aliphatic rings. The first kappa shape index (κ1) is 13.9. The SMILES string of the molecule is Cc1[nH]nc(NS(=O)(=O)c2ccc([N+](=O)[O-])nc2)c1C. The summed E-state index contributed by atoms with van der Waals surface area (Å²) in [7, 11) is -3.88. The molecule has 0 amide bonds. The van der Waals surface area contributed by atoms with Crippen molar-refractivity contribution in [1.82, 2.24) is 15.2 Å². The van der Waals surface area contributed by atoms with Crippen LogP contribution in [0.2, 0.25) is 0 Å². The van der Waals surface area contributed by atoms with Crippen LogP contribution in [-0.4, -0.2) is 28.5 Å². The molecule has 0 unspecified atom stereocenters. The Balaban J connectivity index is 2.31. The highest BCUT2D eigenvalue weighted by atomic mass is 32.2. The van der Waals surface area contributed by atoms with Gasteiger partial charge in [0.25, 0.3) is 10.0 Å². The Morgan fingerprint density at radius 2 is 2.05 bits per heavy atom. The van der Waals surface area contributed by atoms with E-state index in [4.69, 9.17) is 0 Å². The van der Waals surface area contributed by atoms with E-state index >= 15 is 0 Å². The molecule has 2 heterocycles. The fourth-order valence-corrected chi connectivity index (χ4v) is 2.42. The van der Waals surface area contributed by atoms with Gasteiger partial charge in [0.2, 0.25) is 0 Å². The van der Waals surface area contributed by atoms with Crippen LogP contribution in [-0.2, 0) is 10.0 Å². The molecule has 9 nitrogen and oxygen atoms in total. The summed E-state index contributed by atoms with van der Waals surface area (Å²) in [6, 6.07) is 2.14. The molecule has 106 valence electrons. The van der Waals surface area contributed by atoms with Gasteiger partial charge in [0, 0.05) is 17.3 Å². The zero-order valence-corrected chi connectivity index (χ0v) is 11.4. The molecule has 2 aromatic rings. The minimum Gasteiger partial charge on any atom is -0.358 e. The van der Waals surface area contributed by atoms with Crippen LogP contribution in [0.3, 0.4) is 0 Å². The van der Waals surface area contributed by atoms with Crippen molar-refractivity contribution in [3.8, 4) is 0 Å². The minimum absolute atomic E-state index is 0.178. The molecule has 0 aromatic carbocycles. The smallest absolute Gasteiger partial charge is 0.358 e. The molecule has 0 saturated heterocycles. The molecule has 0 aliphatic heterocycles. The summed E-state index contributed by atoms with van der Waals surface area (Å²) in [4.78, 5) is 13.1. The Morgan fingerprint density at radius 1 is 1.35 bits per heavy atom. The molecule has 2 aromatic heterocycles. The van der Waals surface area contributed by atoms with Crippen LogP contribution in [0.5, 0.6) is 0 Å². The van der Waals surface area contributed by atoms with Gasteiger partial charge in [-0.05, 0) is 29.8 Å². The molecule has 0 spiro atoms. The third-order valence-electron chi connectivity index (χ3n) is 2.70. The van der Waals surface area contributed by atoms with Crippen molar-refractivity contribution in [2.75, 3.05) is 4.72 Å². The Bertz CT molecular complexity index is 750. The Morgan fingerprint density at radius 3 is 2.50 bits per heavy atom. The lowest BCUT2D eigenvalue weighted by molar-refractivity contribution is -0.389. The van der Waals surface area contributed by atoms with Gasteiger partial charge in [-0.1, -0.05) is 0 Å². The van der Waals surface area contributed by atoms with Crippen LogP contribution in [0.1, 0.15) is 11.3 Å². The van der Waals surface area contributed by atoms with Gasteiger partial charge in [0.05, 0.1) is 0 Å². The standard InChI is InChI=1S/C10H11N5O4S/c1-6-7(2)12-13-10(6)14-20(18,19)8-3-4-9(11-5-8)15(16)17/h3-5H,1-2H3,(H2,12,13,14). The van der Waals surface area contributed by atoms with Crippen molar-refractivity contribution < 1.29 is 13.3 Å². The number of H-pyrrole nitrogens is 1. The van der Waals surface area contributed by atoms with E-state index in [0.29, 0.717) is 5.56 Å². The van der Waals surface area contributed by atoms with Gasteiger partial charge in [0.1, 0.15) is 4.90 Å². The van der Waals surface area contributed by atoms with E-state index in [2.05, 4.69) is 19.9 Å². The van der Waals surface area contributed by atoms with E-state index in [9.17, 15) is 18.5 Å². The highest BCUT2D eigenvalue weighted by molar-refractivity contribution is 7.92. The number of pyridine rings is 1. The predicted octanol–water partition coefficient (Wildman–Crippen LogP) is 1.13. The molecular weight excluding hydrogens is 286 g/mol. The number of rotatable bonds is 4. The number of nitro groups is 1. The molecule has 0 radical (unpaired) electrons. The van der Waals surface area contributed by atoms with Crippen LogP contribution in [0.15, 0.2) is 23.2 Å². The zero-order chi connectivity index (χ0) is 14.9. The highest BCUT2D eigenvalue weighted by Gasteiger charge is 2.20. The maximum absolute atomic E-state index is 12.1. The number of aryl methyl sites for hydroxylation is 1. The van der Waals surface area contributed by atoms with Gasteiger partial charge in [0.15, 0.2) is 12.0 Å². The van der Waals surface area contributed by atoms with E-state index < -0.39 is 20.8 Å². The monoisotopic (exact) mass is 297 g/mol. The van der Waals surface area contributed by atoms with Gasteiger partial charge in [-0.25, -0.2) is 8.42 Å². The van der Waals surface area contributed by atoms with Crippen molar-refractivity contribution in [2.45, 2.75) is 18.7 Å². The number of anilines is 1. The molecule has 0 fully saturated rings. The average Bonchev–Trinajstić information content (AvgIpc) is 2.70. The van der Waals surface area contributed by atoms with Gasteiger partial charge in [-0.2, -0.15) is 5.10 Å². The lowest BCUT2D eigenvalue weighted by Gasteiger charge is -2.04. The van der Waals surface area contributed by atoms with Gasteiger partial charge in [-0.3, -0.25) is 9.82 Å². The van der Waals surface area contributed by atoms with Gasteiger partial charge >= 0.3 is 5.82 Å². The summed E-state index contributed by atoms with van der Waals surface area (Å²) in [5, 5.41) is 16.9. The summed E-state index contributed by atoms with van der Waals surface area (Å²) in [6.07, 6.45) is 0.926. The van der Waals surface area contributed by atoms with Crippen LogP contribution < -0.4 is 4.72 Å². The second kappa shape index (κ2) is 4.89. The molecule has 2 N–H and O–H groups in total. The van der Waals surface area contributed by atoms with Crippen LogP contribution >= 0.6 is 0 Å². The number of hydrogen-bond acceptors (Lipinski definition) is 6. The second-order valence-electron chi connectivity index (χ2n) is 4.04. The van der Waals surface area contributed by atoms with Crippen molar-refractivity contribution >= 4 is 21.7 Å². The van der Waals surface area contributed by atoms with E-state index in [0.717, 1.165) is 24.0 Å². The summed E-state index contributed by atoms with van der Waals surface area (Å²) < 4.78 is 26.4. The Labute approximate surface area is 114 Å². The molecule has 0 bridgehead atoms. The lowest BCUT2D eigenvalue weighted by Crippen LogP contribution is -2.14. The van der Waals surface area contributed by atoms with Crippen LogP contribution in [0, 0.1) is 24.0 Å². The number of nitrogens with zero attached hydrogens (tertiary/aromatic N) is 3. The maximum Gasteiger partial charge on any atom is 0.363 e. The summed E-state index contributed by atoms with van der Waals surface area (Å²) >= 11 is 0. The predicted molar refractivity (Wildman–Crippen MR) is 69.8 cm³/mol. The first-order valence-corrected chi connectivity index (χ1v) is 6.94. The quantitative estimate of drug-likeness (QED) is 0.642. The van der Waals surface area contributed by atoms with Crippen molar-refractivity contribution in [3.05, 3.63) is 39.7 Å². The van der Waals surface area contributed by atoms with Crippen LogP contribution in [0.25, 0.3) is 0 Å². The molecule has 0 atom stereocenters. The van der Waals surface area contributed by atoms with Gasteiger partial charge < -0.3 is 10.1 Å². The fraction of sp³-hybridized carbons (Fsp3) is 0.200. The summed E-state index contributed by atoms with van der Waals surface area (Å²) in [5.74, 6) is -0.239. The Kier molecular flexibility index (Phi) is 3.40. The molecule has 2 rings (SSSR count). The number of aromatic nitrogens is 3. The third kappa shape index (κ3) is 2.59. The fourth-order valence-electron chi connectivity index (χ4n) is 1.41. The zero-order valence-electron chi connectivity index (χ0n) is 10.6. The molecule has 20 heavy (non-hydrogen) atoms. The van der Waals surface area contributed by atoms with Crippen molar-refractivity contribution in [1.29, 1.82) is 0 Å².